The van der Waals surface area contributed by atoms with Crippen LogP contribution in [0.4, 0.5) is 11.4 Å². The van der Waals surface area contributed by atoms with Crippen LogP contribution in [0.15, 0.2) is 36.4 Å². The van der Waals surface area contributed by atoms with Crippen LogP contribution in [0.5, 0.6) is 0 Å². The Hall–Kier alpha value is -1.76. The molecule has 0 spiro atoms. The molecule has 0 radical (unpaired) electrons. The second kappa shape index (κ2) is 4.62. The molecule has 0 aliphatic rings. The fraction of sp³-hybridized carbons (Fsp3) is 0.250. The minimum Gasteiger partial charge on any atom is -0.355 e. The predicted octanol–water partition coefficient (Wildman–Crippen LogP) is 4.66. The Kier molecular flexibility index (Phi) is 3.19. The van der Waals surface area contributed by atoms with E-state index in [1.165, 1.54) is 27.9 Å². The van der Waals surface area contributed by atoms with E-state index >= 15 is 0 Å². The number of rotatable bonds is 2. The first-order valence-corrected chi connectivity index (χ1v) is 5.99. The average molecular weight is 225 g/mol. The van der Waals surface area contributed by atoms with Gasteiger partial charge < -0.3 is 5.32 Å². The van der Waals surface area contributed by atoms with Gasteiger partial charge in [0.05, 0.1) is 0 Å². The minimum absolute atomic E-state index is 1.14. The first-order chi connectivity index (χ1) is 8.09. The normalized spacial score (nSPS) is 10.4. The minimum atomic E-state index is 1.14. The van der Waals surface area contributed by atoms with Gasteiger partial charge in [-0.05, 0) is 62.1 Å². The predicted molar refractivity (Wildman–Crippen MR) is 75.1 cm³/mol. The summed E-state index contributed by atoms with van der Waals surface area (Å²) in [4.78, 5) is 0. The van der Waals surface area contributed by atoms with Crippen molar-refractivity contribution in [2.24, 2.45) is 0 Å². The lowest BCUT2D eigenvalue weighted by atomic mass is 9.98. The Morgan fingerprint density at radius 1 is 0.765 bits per heavy atom. The van der Waals surface area contributed by atoms with E-state index < -0.39 is 0 Å². The topological polar surface area (TPSA) is 12.0 Å². The van der Waals surface area contributed by atoms with Crippen LogP contribution in [-0.2, 0) is 0 Å². The van der Waals surface area contributed by atoms with E-state index in [1.807, 2.05) is 6.07 Å². The zero-order valence-corrected chi connectivity index (χ0v) is 11.0. The summed E-state index contributed by atoms with van der Waals surface area (Å²) >= 11 is 0. The second-order valence-corrected chi connectivity index (χ2v) is 4.63. The molecule has 0 saturated heterocycles. The van der Waals surface area contributed by atoms with Crippen LogP contribution in [0, 0.1) is 27.7 Å². The molecule has 0 unspecified atom stereocenters. The van der Waals surface area contributed by atoms with Crippen molar-refractivity contribution in [1.29, 1.82) is 0 Å². The lowest BCUT2D eigenvalue weighted by molar-refractivity contribution is 1.24. The summed E-state index contributed by atoms with van der Waals surface area (Å²) in [5.41, 5.74) is 7.73. The Bertz CT molecular complexity index is 501. The lowest BCUT2D eigenvalue weighted by Gasteiger charge is -2.17. The molecule has 1 heteroatoms. The van der Waals surface area contributed by atoms with E-state index in [-0.39, 0.29) is 0 Å². The molecule has 0 saturated carbocycles. The summed E-state index contributed by atoms with van der Waals surface area (Å²) in [5.74, 6) is 0. The number of anilines is 2. The van der Waals surface area contributed by atoms with Gasteiger partial charge in [0.15, 0.2) is 0 Å². The van der Waals surface area contributed by atoms with Crippen molar-refractivity contribution >= 4 is 11.4 Å². The standard InChI is InChI=1S/C16H19N/c1-11-10-12(2)14(4)16(13(11)3)17-15-8-6-5-7-9-15/h5-10,17H,1-4H3. The molecule has 17 heavy (non-hydrogen) atoms. The van der Waals surface area contributed by atoms with E-state index in [0.29, 0.717) is 0 Å². The maximum atomic E-state index is 3.52. The SMILES string of the molecule is Cc1cc(C)c(C)c(Nc2ccccc2)c1C. The van der Waals surface area contributed by atoms with E-state index in [4.69, 9.17) is 0 Å². The number of nitrogens with one attached hydrogen (secondary N) is 1. The van der Waals surface area contributed by atoms with Crippen molar-refractivity contribution in [3.05, 3.63) is 58.7 Å². The van der Waals surface area contributed by atoms with Crippen LogP contribution in [0.2, 0.25) is 0 Å². The molecule has 1 N–H and O–H groups in total. The van der Waals surface area contributed by atoms with Gasteiger partial charge in [-0.2, -0.15) is 0 Å². The molecule has 2 rings (SSSR count). The molecule has 0 aliphatic carbocycles. The molecule has 2 aromatic rings. The Balaban J connectivity index is 2.46. The summed E-state index contributed by atoms with van der Waals surface area (Å²) in [6, 6.07) is 12.6. The first-order valence-electron chi connectivity index (χ1n) is 5.99. The van der Waals surface area contributed by atoms with Crippen LogP contribution >= 0.6 is 0 Å². The first kappa shape index (κ1) is 11.7. The van der Waals surface area contributed by atoms with Crippen molar-refractivity contribution in [2.45, 2.75) is 27.7 Å². The molecule has 0 amide bonds. The maximum Gasteiger partial charge on any atom is 0.0448 e. The highest BCUT2D eigenvalue weighted by atomic mass is 14.9. The molecule has 0 fully saturated rings. The van der Waals surface area contributed by atoms with Gasteiger partial charge in [0, 0.05) is 11.4 Å². The highest BCUT2D eigenvalue weighted by Gasteiger charge is 2.08. The smallest absolute Gasteiger partial charge is 0.0448 e. The van der Waals surface area contributed by atoms with Gasteiger partial charge in [-0.25, -0.2) is 0 Å². The fourth-order valence-corrected chi connectivity index (χ4v) is 2.07. The fourth-order valence-electron chi connectivity index (χ4n) is 2.07. The van der Waals surface area contributed by atoms with Crippen LogP contribution in [-0.4, -0.2) is 0 Å². The van der Waals surface area contributed by atoms with Crippen molar-refractivity contribution in [3.8, 4) is 0 Å². The van der Waals surface area contributed by atoms with Crippen molar-refractivity contribution in [3.63, 3.8) is 0 Å². The van der Waals surface area contributed by atoms with Crippen LogP contribution < -0.4 is 5.32 Å². The van der Waals surface area contributed by atoms with E-state index in [9.17, 15) is 0 Å². The molecule has 2 aromatic carbocycles. The molecule has 0 aliphatic heterocycles. The van der Waals surface area contributed by atoms with Gasteiger partial charge in [0.25, 0.3) is 0 Å². The third-order valence-corrected chi connectivity index (χ3v) is 3.41. The van der Waals surface area contributed by atoms with Gasteiger partial charge in [0.1, 0.15) is 0 Å². The molecule has 1 nitrogen and oxygen atoms in total. The van der Waals surface area contributed by atoms with Crippen LogP contribution in [0.1, 0.15) is 22.3 Å². The molecule has 0 bridgehead atoms. The summed E-state index contributed by atoms with van der Waals surface area (Å²) in [7, 11) is 0. The third kappa shape index (κ3) is 2.33. The van der Waals surface area contributed by atoms with E-state index in [2.05, 4.69) is 63.3 Å². The maximum absolute atomic E-state index is 3.52. The quantitative estimate of drug-likeness (QED) is 0.783. The zero-order valence-electron chi connectivity index (χ0n) is 11.0. The van der Waals surface area contributed by atoms with E-state index in [0.717, 1.165) is 5.69 Å². The molecular formula is C16H19N. The number of hydrogen-bond donors (Lipinski definition) is 1. The molecule has 88 valence electrons. The van der Waals surface area contributed by atoms with Crippen LogP contribution in [0.25, 0.3) is 0 Å². The Morgan fingerprint density at radius 3 is 1.82 bits per heavy atom. The molecular weight excluding hydrogens is 206 g/mol. The van der Waals surface area contributed by atoms with E-state index in [1.54, 1.807) is 0 Å². The van der Waals surface area contributed by atoms with Gasteiger partial charge >= 0.3 is 0 Å². The van der Waals surface area contributed by atoms with Crippen molar-refractivity contribution in [1.82, 2.24) is 0 Å². The number of benzene rings is 2. The number of para-hydroxylation sites is 1. The van der Waals surface area contributed by atoms with Gasteiger partial charge in [-0.1, -0.05) is 24.3 Å². The number of aryl methyl sites for hydroxylation is 2. The Morgan fingerprint density at radius 2 is 1.29 bits per heavy atom. The summed E-state index contributed by atoms with van der Waals surface area (Å²) in [6.45, 7) is 8.68. The molecule has 0 aromatic heterocycles. The second-order valence-electron chi connectivity index (χ2n) is 4.63. The highest BCUT2D eigenvalue weighted by molar-refractivity contribution is 5.69. The van der Waals surface area contributed by atoms with Gasteiger partial charge in [0.2, 0.25) is 0 Å². The monoisotopic (exact) mass is 225 g/mol. The highest BCUT2D eigenvalue weighted by Crippen LogP contribution is 2.29. The average Bonchev–Trinajstić information content (AvgIpc) is 2.33. The summed E-state index contributed by atoms with van der Waals surface area (Å²) < 4.78 is 0. The lowest BCUT2D eigenvalue weighted by Crippen LogP contribution is -1.99. The summed E-state index contributed by atoms with van der Waals surface area (Å²) in [6.07, 6.45) is 0. The van der Waals surface area contributed by atoms with Gasteiger partial charge in [-0.15, -0.1) is 0 Å². The zero-order chi connectivity index (χ0) is 12.4. The van der Waals surface area contributed by atoms with Gasteiger partial charge in [-0.3, -0.25) is 0 Å². The number of hydrogen-bond acceptors (Lipinski definition) is 1. The molecule has 0 heterocycles. The summed E-state index contributed by atoms with van der Waals surface area (Å²) in [5, 5.41) is 3.52. The largest absolute Gasteiger partial charge is 0.355 e. The Labute approximate surface area is 103 Å². The van der Waals surface area contributed by atoms with Crippen LogP contribution in [0.3, 0.4) is 0 Å². The molecule has 0 atom stereocenters. The van der Waals surface area contributed by atoms with Crippen molar-refractivity contribution < 1.29 is 0 Å². The third-order valence-electron chi connectivity index (χ3n) is 3.41. The van der Waals surface area contributed by atoms with Crippen molar-refractivity contribution in [2.75, 3.05) is 5.32 Å².